The monoisotopic (exact) mass is 475 g/mol. The number of aromatic nitrogens is 1. The lowest BCUT2D eigenvalue weighted by molar-refractivity contribution is 0.0640. The van der Waals surface area contributed by atoms with E-state index in [0.717, 1.165) is 37.0 Å². The first-order valence-corrected chi connectivity index (χ1v) is 11.7. The van der Waals surface area contributed by atoms with E-state index in [1.807, 2.05) is 40.7 Å². The molecule has 1 aliphatic rings. The van der Waals surface area contributed by atoms with Crippen LogP contribution < -0.4 is 0 Å². The average molecular weight is 476 g/mol. The Balaban J connectivity index is 1.29. The minimum Gasteiger partial charge on any atom is -0.460 e. The van der Waals surface area contributed by atoms with Crippen LogP contribution in [0.1, 0.15) is 27.4 Å². The van der Waals surface area contributed by atoms with Gasteiger partial charge in [0.05, 0.1) is 5.52 Å². The Labute approximate surface area is 202 Å². The Morgan fingerprint density at radius 1 is 0.971 bits per heavy atom. The van der Waals surface area contributed by atoms with Gasteiger partial charge in [0.2, 0.25) is 0 Å². The first-order chi connectivity index (χ1) is 17.0. The number of piperazine rings is 1. The number of hydrogen-bond donors (Lipinski definition) is 0. The van der Waals surface area contributed by atoms with E-state index >= 15 is 0 Å². The third kappa shape index (κ3) is 5.05. The molecule has 180 valence electrons. The molecular formula is C28H27F2N3O2. The summed E-state index contributed by atoms with van der Waals surface area (Å²) in [4.78, 5) is 17.7. The molecule has 5 nitrogen and oxygen atoms in total. The van der Waals surface area contributed by atoms with Crippen LogP contribution in [0.3, 0.4) is 0 Å². The van der Waals surface area contributed by atoms with Gasteiger partial charge in [-0.3, -0.25) is 9.69 Å². The Bertz CT molecular complexity index is 1370. The largest absolute Gasteiger partial charge is 0.460 e. The Kier molecular flexibility index (Phi) is 6.51. The lowest BCUT2D eigenvalue weighted by atomic mass is 10.2. The minimum absolute atomic E-state index is 0.0869. The number of halogens is 2. The van der Waals surface area contributed by atoms with Gasteiger partial charge in [0.15, 0.2) is 17.2 Å². The van der Waals surface area contributed by atoms with Crippen molar-refractivity contribution in [1.82, 2.24) is 14.4 Å². The average Bonchev–Trinajstić information content (AvgIpc) is 3.39. The third-order valence-electron chi connectivity index (χ3n) is 6.39. The summed E-state index contributed by atoms with van der Waals surface area (Å²) in [5, 5.41) is 0. The molecule has 7 heteroatoms. The molecule has 2 aromatic carbocycles. The van der Waals surface area contributed by atoms with Crippen LogP contribution in [0, 0.1) is 18.6 Å². The molecule has 2 aromatic heterocycles. The van der Waals surface area contributed by atoms with Crippen molar-refractivity contribution in [2.24, 2.45) is 0 Å². The van der Waals surface area contributed by atoms with Gasteiger partial charge in [-0.2, -0.15) is 0 Å². The molecule has 35 heavy (non-hydrogen) atoms. The fourth-order valence-electron chi connectivity index (χ4n) is 4.53. The van der Waals surface area contributed by atoms with E-state index in [2.05, 4.69) is 29.2 Å². The highest BCUT2D eigenvalue weighted by molar-refractivity contribution is 5.97. The van der Waals surface area contributed by atoms with Gasteiger partial charge in [-0.1, -0.05) is 48.6 Å². The smallest absolute Gasteiger partial charge is 0.270 e. The highest BCUT2D eigenvalue weighted by Crippen LogP contribution is 2.26. The SMILES string of the molecule is Cc1cc2c(cc(C(=O)N3CCN(C/C=C/c4ccccc4)CC3)n2Cc2ccc(F)c(F)c2)o1. The van der Waals surface area contributed by atoms with E-state index in [-0.39, 0.29) is 12.5 Å². The predicted octanol–water partition coefficient (Wildman–Crippen LogP) is 5.34. The number of furan rings is 1. The summed E-state index contributed by atoms with van der Waals surface area (Å²) in [5.41, 5.74) is 3.60. The number of hydrogen-bond acceptors (Lipinski definition) is 3. The Morgan fingerprint density at radius 2 is 1.74 bits per heavy atom. The molecule has 0 bridgehead atoms. The van der Waals surface area contributed by atoms with Crippen molar-refractivity contribution in [3.8, 4) is 0 Å². The maximum Gasteiger partial charge on any atom is 0.270 e. The summed E-state index contributed by atoms with van der Waals surface area (Å²) in [6, 6.07) is 17.6. The quantitative estimate of drug-likeness (QED) is 0.378. The summed E-state index contributed by atoms with van der Waals surface area (Å²) in [5.74, 6) is -1.15. The number of nitrogens with zero attached hydrogens (tertiary/aromatic N) is 3. The number of amides is 1. The van der Waals surface area contributed by atoms with Crippen LogP contribution in [0.15, 0.2) is 71.2 Å². The zero-order chi connectivity index (χ0) is 24.4. The van der Waals surface area contributed by atoms with Crippen LogP contribution in [0.4, 0.5) is 8.78 Å². The topological polar surface area (TPSA) is 41.6 Å². The second kappa shape index (κ2) is 9.88. The third-order valence-corrected chi connectivity index (χ3v) is 6.39. The molecule has 1 aliphatic heterocycles. The molecule has 0 unspecified atom stereocenters. The van der Waals surface area contributed by atoms with E-state index in [1.54, 1.807) is 6.07 Å². The van der Waals surface area contributed by atoms with Crippen LogP contribution in [0.5, 0.6) is 0 Å². The zero-order valence-corrected chi connectivity index (χ0v) is 19.6. The number of aryl methyl sites for hydroxylation is 1. The molecule has 1 saturated heterocycles. The molecular weight excluding hydrogens is 448 g/mol. The van der Waals surface area contributed by atoms with Crippen molar-refractivity contribution in [2.45, 2.75) is 13.5 Å². The summed E-state index contributed by atoms with van der Waals surface area (Å²) in [6.07, 6.45) is 4.26. The van der Waals surface area contributed by atoms with Crippen molar-refractivity contribution in [2.75, 3.05) is 32.7 Å². The second-order valence-corrected chi connectivity index (χ2v) is 8.88. The van der Waals surface area contributed by atoms with E-state index in [9.17, 15) is 13.6 Å². The molecule has 4 aromatic rings. The Hall–Kier alpha value is -3.71. The molecule has 3 heterocycles. The Morgan fingerprint density at radius 3 is 2.49 bits per heavy atom. The molecule has 0 aliphatic carbocycles. The molecule has 1 fully saturated rings. The van der Waals surface area contributed by atoms with Crippen LogP contribution in [0.25, 0.3) is 17.2 Å². The highest BCUT2D eigenvalue weighted by atomic mass is 19.2. The zero-order valence-electron chi connectivity index (χ0n) is 19.6. The minimum atomic E-state index is -0.903. The molecule has 0 radical (unpaired) electrons. The van der Waals surface area contributed by atoms with Crippen LogP contribution in [0.2, 0.25) is 0 Å². The standard InChI is InChI=1S/C28H27F2N3O2/c1-20-16-25-27(35-20)18-26(33(25)19-22-9-10-23(29)24(30)17-22)28(34)32-14-12-31(13-15-32)11-5-8-21-6-3-2-4-7-21/h2-10,16-18H,11-15,19H2,1H3/b8-5+. The van der Waals surface area contributed by atoms with Gasteiger partial charge in [-0.15, -0.1) is 0 Å². The number of benzene rings is 2. The van der Waals surface area contributed by atoms with Crippen molar-refractivity contribution in [3.63, 3.8) is 0 Å². The summed E-state index contributed by atoms with van der Waals surface area (Å²) in [6.45, 7) is 5.72. The maximum atomic E-state index is 13.8. The van der Waals surface area contributed by atoms with Gasteiger partial charge < -0.3 is 13.9 Å². The van der Waals surface area contributed by atoms with Gasteiger partial charge in [-0.05, 0) is 30.2 Å². The molecule has 1 amide bonds. The second-order valence-electron chi connectivity index (χ2n) is 8.88. The highest BCUT2D eigenvalue weighted by Gasteiger charge is 2.26. The van der Waals surface area contributed by atoms with E-state index in [0.29, 0.717) is 29.9 Å². The fourth-order valence-corrected chi connectivity index (χ4v) is 4.53. The lowest BCUT2D eigenvalue weighted by Crippen LogP contribution is -2.49. The van der Waals surface area contributed by atoms with Gasteiger partial charge in [-0.25, -0.2) is 8.78 Å². The predicted molar refractivity (Wildman–Crippen MR) is 132 cm³/mol. The molecule has 5 rings (SSSR count). The summed E-state index contributed by atoms with van der Waals surface area (Å²) in [7, 11) is 0. The number of fused-ring (bicyclic) bond motifs is 1. The van der Waals surface area contributed by atoms with Crippen LogP contribution in [-0.2, 0) is 6.54 Å². The van der Waals surface area contributed by atoms with Crippen molar-refractivity contribution < 1.29 is 18.0 Å². The van der Waals surface area contributed by atoms with Gasteiger partial charge in [0, 0.05) is 51.4 Å². The number of rotatable bonds is 6. The molecule has 0 saturated carbocycles. The van der Waals surface area contributed by atoms with Gasteiger partial charge >= 0.3 is 0 Å². The first kappa shape index (κ1) is 23.1. The fraction of sp³-hybridized carbons (Fsp3) is 0.250. The van der Waals surface area contributed by atoms with Crippen molar-refractivity contribution >= 4 is 23.1 Å². The summed E-state index contributed by atoms with van der Waals surface area (Å²) >= 11 is 0. The van der Waals surface area contributed by atoms with Gasteiger partial charge in [0.1, 0.15) is 11.5 Å². The lowest BCUT2D eigenvalue weighted by Gasteiger charge is -2.34. The molecule has 0 atom stereocenters. The van der Waals surface area contributed by atoms with Crippen LogP contribution >= 0.6 is 0 Å². The van der Waals surface area contributed by atoms with E-state index in [4.69, 9.17) is 4.42 Å². The van der Waals surface area contributed by atoms with Gasteiger partial charge in [0.25, 0.3) is 5.91 Å². The maximum absolute atomic E-state index is 13.8. The molecule has 0 N–H and O–H groups in total. The van der Waals surface area contributed by atoms with Crippen molar-refractivity contribution in [3.05, 3.63) is 101 Å². The number of carbonyl (C=O) groups excluding carboxylic acids is 1. The van der Waals surface area contributed by atoms with E-state index in [1.165, 1.54) is 17.7 Å². The van der Waals surface area contributed by atoms with E-state index < -0.39 is 11.6 Å². The number of carbonyl (C=O) groups is 1. The first-order valence-electron chi connectivity index (χ1n) is 11.7. The summed E-state index contributed by atoms with van der Waals surface area (Å²) < 4.78 is 34.8. The van der Waals surface area contributed by atoms with Crippen LogP contribution in [-0.4, -0.2) is 53.0 Å². The normalized spacial score (nSPS) is 14.9. The molecule has 0 spiro atoms. The van der Waals surface area contributed by atoms with Crippen molar-refractivity contribution in [1.29, 1.82) is 0 Å².